The fourth-order valence-electron chi connectivity index (χ4n) is 0.330. The summed E-state index contributed by atoms with van der Waals surface area (Å²) in [6, 6.07) is 0. The molecule has 0 aliphatic heterocycles. The molecule has 0 atom stereocenters. The number of quaternary nitrogens is 1. The molecule has 0 saturated carbocycles. The number of carbonyl (C=O) groups excluding carboxylic acids is 1. The summed E-state index contributed by atoms with van der Waals surface area (Å²) in [6.07, 6.45) is 0.757. The molecular formula is C6H11Cl2NO. The molecule has 0 aromatic heterocycles. The number of rotatable bonds is 2. The van der Waals surface area contributed by atoms with Crippen LogP contribution in [0.1, 0.15) is 0 Å². The second kappa shape index (κ2) is 4.72. The lowest BCUT2D eigenvalue weighted by atomic mass is 10.4. The molecule has 0 heterocycles. The molecule has 10 heavy (non-hydrogen) atoms. The first kappa shape index (κ1) is 12.6. The minimum absolute atomic E-state index is 0. The highest BCUT2D eigenvalue weighted by atomic mass is 35.5. The highest BCUT2D eigenvalue weighted by molar-refractivity contribution is 6.26. The van der Waals surface area contributed by atoms with Crippen molar-refractivity contribution in [2.75, 3.05) is 21.1 Å². The zero-order valence-electron chi connectivity index (χ0n) is 6.27. The van der Waals surface area contributed by atoms with Crippen LogP contribution in [-0.2, 0) is 4.79 Å². The molecule has 0 saturated heterocycles. The number of carbonyl (C=O) groups is 1. The van der Waals surface area contributed by atoms with Crippen molar-refractivity contribution in [3.05, 3.63) is 11.2 Å². The van der Waals surface area contributed by atoms with Gasteiger partial charge in [-0.05, 0) is 0 Å². The van der Waals surface area contributed by atoms with E-state index in [0.29, 0.717) is 10.2 Å². The van der Waals surface area contributed by atoms with E-state index in [1.165, 1.54) is 5.54 Å². The van der Waals surface area contributed by atoms with Crippen LogP contribution in [0.25, 0.3) is 0 Å². The van der Waals surface area contributed by atoms with E-state index in [4.69, 9.17) is 11.6 Å². The SMILES string of the molecule is C[N+](C)(C)/C(C=O)=C/Cl.[Cl-]. The van der Waals surface area contributed by atoms with E-state index in [1.807, 2.05) is 21.1 Å². The third-order valence-corrected chi connectivity index (χ3v) is 1.23. The number of nitrogens with zero attached hydrogens (tertiary/aromatic N) is 1. The van der Waals surface area contributed by atoms with Crippen molar-refractivity contribution in [3.8, 4) is 0 Å². The van der Waals surface area contributed by atoms with Crippen molar-refractivity contribution in [1.29, 1.82) is 0 Å². The number of aldehydes is 1. The Morgan fingerprint density at radius 3 is 1.80 bits per heavy atom. The predicted octanol–water partition coefficient (Wildman–Crippen LogP) is -2.02. The number of allylic oxidation sites excluding steroid dienone is 1. The molecule has 4 heteroatoms. The summed E-state index contributed by atoms with van der Waals surface area (Å²) < 4.78 is 0.465. The van der Waals surface area contributed by atoms with Gasteiger partial charge in [-0.1, -0.05) is 11.6 Å². The Morgan fingerprint density at radius 1 is 1.40 bits per heavy atom. The molecule has 0 rings (SSSR count). The summed E-state index contributed by atoms with van der Waals surface area (Å²) in [6.45, 7) is 0. The van der Waals surface area contributed by atoms with Gasteiger partial charge in [-0.2, -0.15) is 0 Å². The largest absolute Gasteiger partial charge is 1.00 e. The quantitative estimate of drug-likeness (QED) is 0.275. The van der Waals surface area contributed by atoms with Gasteiger partial charge in [0.2, 0.25) is 6.29 Å². The first-order chi connectivity index (χ1) is 4.02. The van der Waals surface area contributed by atoms with Crippen molar-refractivity contribution in [2.45, 2.75) is 0 Å². The zero-order chi connectivity index (χ0) is 7.49. The summed E-state index contributed by atoms with van der Waals surface area (Å²) >= 11 is 5.34. The molecule has 0 N–H and O–H groups in total. The van der Waals surface area contributed by atoms with Crippen LogP contribution in [-0.4, -0.2) is 31.9 Å². The van der Waals surface area contributed by atoms with Gasteiger partial charge in [-0.25, -0.2) is 0 Å². The van der Waals surface area contributed by atoms with Crippen LogP contribution in [0.5, 0.6) is 0 Å². The van der Waals surface area contributed by atoms with Crippen molar-refractivity contribution < 1.29 is 21.7 Å². The highest BCUT2D eigenvalue weighted by Crippen LogP contribution is 2.04. The molecule has 2 nitrogen and oxygen atoms in total. The Hall–Kier alpha value is -0.0500. The lowest BCUT2D eigenvalue weighted by molar-refractivity contribution is -0.825. The van der Waals surface area contributed by atoms with Crippen LogP contribution in [0.2, 0.25) is 0 Å². The summed E-state index contributed by atoms with van der Waals surface area (Å²) in [5.41, 5.74) is 1.86. The molecule has 0 fully saturated rings. The third kappa shape index (κ3) is 3.88. The predicted molar refractivity (Wildman–Crippen MR) is 38.0 cm³/mol. The summed E-state index contributed by atoms with van der Waals surface area (Å²) in [5.74, 6) is 0. The summed E-state index contributed by atoms with van der Waals surface area (Å²) in [5, 5.41) is 0. The lowest BCUT2D eigenvalue weighted by Gasteiger charge is -2.21. The van der Waals surface area contributed by atoms with E-state index in [-0.39, 0.29) is 12.4 Å². The first-order valence-corrected chi connectivity index (χ1v) is 3.03. The van der Waals surface area contributed by atoms with Crippen LogP contribution in [0.3, 0.4) is 0 Å². The molecule has 0 aliphatic rings. The van der Waals surface area contributed by atoms with Crippen LogP contribution in [0, 0.1) is 0 Å². The molecule has 0 unspecified atom stereocenters. The van der Waals surface area contributed by atoms with Gasteiger partial charge in [0.25, 0.3) is 0 Å². The molecular weight excluding hydrogens is 173 g/mol. The van der Waals surface area contributed by atoms with Gasteiger partial charge < -0.3 is 12.4 Å². The topological polar surface area (TPSA) is 17.1 Å². The van der Waals surface area contributed by atoms with Gasteiger partial charge in [0.15, 0.2) is 5.70 Å². The Kier molecular flexibility index (Phi) is 5.95. The van der Waals surface area contributed by atoms with Gasteiger partial charge in [0.1, 0.15) is 0 Å². The second-order valence-corrected chi connectivity index (χ2v) is 2.88. The highest BCUT2D eigenvalue weighted by Gasteiger charge is 2.13. The molecule has 0 radical (unpaired) electrons. The number of hydrogen-bond acceptors (Lipinski definition) is 1. The standard InChI is InChI=1S/C6H11ClNO.ClH/c1-8(2,3)6(4-7)5-9;/h4-5H,1-3H3;1H/q+1;/p-1/b6-4+;. The fourth-order valence-corrected chi connectivity index (χ4v) is 0.674. The van der Waals surface area contributed by atoms with Crippen molar-refractivity contribution in [3.63, 3.8) is 0 Å². The van der Waals surface area contributed by atoms with Gasteiger partial charge in [0, 0.05) is 0 Å². The second-order valence-electron chi connectivity index (χ2n) is 2.66. The molecule has 0 spiro atoms. The first-order valence-electron chi connectivity index (χ1n) is 2.60. The van der Waals surface area contributed by atoms with E-state index < -0.39 is 0 Å². The molecule has 0 aliphatic carbocycles. The Bertz CT molecular complexity index is 137. The average molecular weight is 184 g/mol. The molecule has 60 valence electrons. The van der Waals surface area contributed by atoms with E-state index in [9.17, 15) is 4.79 Å². The van der Waals surface area contributed by atoms with E-state index >= 15 is 0 Å². The zero-order valence-corrected chi connectivity index (χ0v) is 7.78. The van der Waals surface area contributed by atoms with E-state index in [1.54, 1.807) is 0 Å². The van der Waals surface area contributed by atoms with Crippen molar-refractivity contribution in [2.24, 2.45) is 0 Å². The van der Waals surface area contributed by atoms with Crippen LogP contribution in [0.15, 0.2) is 11.2 Å². The van der Waals surface area contributed by atoms with Crippen LogP contribution < -0.4 is 12.4 Å². The Labute approximate surface area is 72.5 Å². The maximum atomic E-state index is 10.2. The Morgan fingerprint density at radius 2 is 1.80 bits per heavy atom. The lowest BCUT2D eigenvalue weighted by Crippen LogP contribution is -3.00. The number of likely N-dealkylation sites (N-methyl/N-ethyl adjacent to an activating group) is 1. The summed E-state index contributed by atoms with van der Waals surface area (Å²) in [4.78, 5) is 10.2. The van der Waals surface area contributed by atoms with Gasteiger partial charge in [0.05, 0.1) is 26.7 Å². The molecule has 0 bridgehead atoms. The maximum absolute atomic E-state index is 10.2. The number of halogens is 2. The third-order valence-electron chi connectivity index (χ3n) is 1.01. The van der Waals surface area contributed by atoms with Crippen molar-refractivity contribution >= 4 is 17.9 Å². The van der Waals surface area contributed by atoms with Gasteiger partial charge >= 0.3 is 0 Å². The minimum atomic E-state index is 0. The fraction of sp³-hybridized carbons (Fsp3) is 0.500. The van der Waals surface area contributed by atoms with E-state index in [2.05, 4.69) is 0 Å². The Balaban J connectivity index is 0. The maximum Gasteiger partial charge on any atom is 0.204 e. The number of hydrogen-bond donors (Lipinski definition) is 0. The minimum Gasteiger partial charge on any atom is -1.00 e. The monoisotopic (exact) mass is 183 g/mol. The van der Waals surface area contributed by atoms with Gasteiger partial charge in [-0.3, -0.25) is 9.28 Å². The smallest absolute Gasteiger partial charge is 0.204 e. The van der Waals surface area contributed by atoms with Crippen LogP contribution in [0.4, 0.5) is 0 Å². The molecule has 0 amide bonds. The molecule has 0 aromatic carbocycles. The average Bonchev–Trinajstić information content (AvgIpc) is 1.65. The van der Waals surface area contributed by atoms with Crippen LogP contribution >= 0.6 is 11.6 Å². The summed E-state index contributed by atoms with van der Waals surface area (Å²) in [7, 11) is 5.63. The van der Waals surface area contributed by atoms with Crippen molar-refractivity contribution in [1.82, 2.24) is 0 Å². The van der Waals surface area contributed by atoms with E-state index in [0.717, 1.165) is 6.29 Å². The van der Waals surface area contributed by atoms with Gasteiger partial charge in [-0.15, -0.1) is 0 Å². The molecule has 0 aromatic rings. The normalized spacial score (nSPS) is 12.2.